The molecule has 0 aliphatic rings. The van der Waals surface area contributed by atoms with Gasteiger partial charge in [-0.05, 0) is 43.3 Å². The Bertz CT molecular complexity index is 1530. The lowest BCUT2D eigenvalue weighted by atomic mass is 10.0. The van der Waals surface area contributed by atoms with Crippen LogP contribution in [0.5, 0.6) is 0 Å². The van der Waals surface area contributed by atoms with Crippen LogP contribution in [0.1, 0.15) is 12.5 Å². The van der Waals surface area contributed by atoms with Crippen molar-refractivity contribution in [1.29, 1.82) is 0 Å². The van der Waals surface area contributed by atoms with Crippen LogP contribution in [0.15, 0.2) is 87.9 Å². The van der Waals surface area contributed by atoms with Crippen molar-refractivity contribution in [1.82, 2.24) is 3.97 Å². The van der Waals surface area contributed by atoms with Crippen molar-refractivity contribution in [3.8, 4) is 11.3 Å². The summed E-state index contributed by atoms with van der Waals surface area (Å²) >= 11 is 6.06. The minimum Gasteiger partial charge on any atom is -0.369 e. The zero-order chi connectivity index (χ0) is 23.8. The lowest BCUT2D eigenvalue weighted by molar-refractivity contribution is 0.589. The van der Waals surface area contributed by atoms with Gasteiger partial charge in [0.05, 0.1) is 26.8 Å². The highest BCUT2D eigenvalue weighted by Gasteiger charge is 2.29. The molecular weight excluding hydrogens is 465 g/mol. The van der Waals surface area contributed by atoms with E-state index >= 15 is 0 Å². The first-order chi connectivity index (χ1) is 15.7. The summed E-state index contributed by atoms with van der Waals surface area (Å²) in [4.78, 5) is 0.0885. The largest absolute Gasteiger partial charge is 0.369 e. The molecule has 0 amide bonds. The second-order valence-electron chi connectivity index (χ2n) is 7.16. The molecule has 1 heterocycles. The maximum Gasteiger partial charge on any atom is 0.268 e. The van der Waals surface area contributed by atoms with Gasteiger partial charge in [0, 0.05) is 16.5 Å². The number of guanidine groups is 1. The van der Waals surface area contributed by atoms with Crippen molar-refractivity contribution in [3.63, 3.8) is 0 Å². The molecule has 0 unspecified atom stereocenters. The molecule has 1 aromatic heterocycles. The number of fused-ring (bicyclic) bond motifs is 1. The van der Waals surface area contributed by atoms with Crippen molar-refractivity contribution >= 4 is 44.2 Å². The first-order valence-corrected chi connectivity index (χ1v) is 11.6. The number of nitrogens with zero attached hydrogens (tertiary/aromatic N) is 3. The number of hydrogen-bond acceptors (Lipinski definition) is 4. The predicted octanol–water partition coefficient (Wildman–Crippen LogP) is 4.34. The fourth-order valence-electron chi connectivity index (χ4n) is 3.61. The Morgan fingerprint density at radius 1 is 0.970 bits per heavy atom. The van der Waals surface area contributed by atoms with Crippen LogP contribution in [-0.2, 0) is 10.0 Å². The van der Waals surface area contributed by atoms with E-state index in [1.165, 1.54) is 34.3 Å². The molecule has 7 nitrogen and oxygen atoms in total. The van der Waals surface area contributed by atoms with Crippen LogP contribution in [0.25, 0.3) is 22.2 Å². The molecule has 33 heavy (non-hydrogen) atoms. The second-order valence-corrected chi connectivity index (χ2v) is 9.36. The third kappa shape index (κ3) is 4.08. The van der Waals surface area contributed by atoms with Gasteiger partial charge in [0.25, 0.3) is 10.0 Å². The van der Waals surface area contributed by atoms with Crippen LogP contribution in [-0.4, -0.2) is 24.1 Å². The Morgan fingerprint density at radius 2 is 1.64 bits per heavy atom. The van der Waals surface area contributed by atoms with Crippen LogP contribution in [0, 0.1) is 5.82 Å². The van der Waals surface area contributed by atoms with Gasteiger partial charge in [-0.2, -0.15) is 5.10 Å². The fraction of sp³-hybridized carbons (Fsp3) is 0.0435. The number of rotatable bonds is 5. The van der Waals surface area contributed by atoms with Crippen molar-refractivity contribution < 1.29 is 12.8 Å². The van der Waals surface area contributed by atoms with Gasteiger partial charge in [-0.25, -0.2) is 16.8 Å². The van der Waals surface area contributed by atoms with Crippen LogP contribution in [0.3, 0.4) is 0 Å². The van der Waals surface area contributed by atoms with Crippen LogP contribution < -0.4 is 11.5 Å². The van der Waals surface area contributed by atoms with E-state index in [1.54, 1.807) is 49.4 Å². The number of hydrogen-bond donors (Lipinski definition) is 2. The highest BCUT2D eigenvalue weighted by molar-refractivity contribution is 7.90. The van der Waals surface area contributed by atoms with Crippen molar-refractivity contribution in [2.24, 2.45) is 21.7 Å². The van der Waals surface area contributed by atoms with Crippen LogP contribution in [0.2, 0.25) is 5.02 Å². The van der Waals surface area contributed by atoms with E-state index in [0.717, 1.165) is 0 Å². The Hall–Kier alpha value is -3.69. The van der Waals surface area contributed by atoms with Gasteiger partial charge in [0.15, 0.2) is 0 Å². The first kappa shape index (κ1) is 22.5. The SMILES string of the molecule is C/C(=N/N=C(N)N)c1c(-c2ccc(F)c(Cl)c2)n(S(=O)(=O)c2ccccc2)c2ccccc12. The summed E-state index contributed by atoms with van der Waals surface area (Å²) in [7, 11) is -4.07. The smallest absolute Gasteiger partial charge is 0.268 e. The normalized spacial score (nSPS) is 12.2. The predicted molar refractivity (Wildman–Crippen MR) is 129 cm³/mol. The lowest BCUT2D eigenvalue weighted by Crippen LogP contribution is -2.22. The first-order valence-electron chi connectivity index (χ1n) is 9.75. The topological polar surface area (TPSA) is 116 Å². The molecule has 4 N–H and O–H groups in total. The number of para-hydroxylation sites is 1. The summed E-state index contributed by atoms with van der Waals surface area (Å²) in [6, 6.07) is 19.0. The number of aromatic nitrogens is 1. The van der Waals surface area contributed by atoms with Crippen molar-refractivity contribution in [2.75, 3.05) is 0 Å². The van der Waals surface area contributed by atoms with E-state index in [4.69, 9.17) is 23.1 Å². The molecule has 0 bridgehead atoms. The maximum atomic E-state index is 14.0. The fourth-order valence-corrected chi connectivity index (χ4v) is 5.36. The third-order valence-electron chi connectivity index (χ3n) is 4.98. The third-order valence-corrected chi connectivity index (χ3v) is 7.00. The van der Waals surface area contributed by atoms with Gasteiger partial charge >= 0.3 is 0 Å². The molecular formula is C23H19ClFN5O2S. The minimum absolute atomic E-state index is 0.0885. The average molecular weight is 484 g/mol. The molecule has 0 saturated heterocycles. The van der Waals surface area contributed by atoms with Gasteiger partial charge < -0.3 is 11.5 Å². The van der Waals surface area contributed by atoms with Gasteiger partial charge in [-0.15, -0.1) is 5.10 Å². The van der Waals surface area contributed by atoms with E-state index in [0.29, 0.717) is 27.7 Å². The van der Waals surface area contributed by atoms with Crippen LogP contribution in [0.4, 0.5) is 4.39 Å². The molecule has 0 saturated carbocycles. The van der Waals surface area contributed by atoms with Gasteiger partial charge in [-0.1, -0.05) is 48.0 Å². The standard InChI is InChI=1S/C23H19ClFN5O2S/c1-14(28-29-23(26)27)21-17-9-5-6-10-20(17)30(33(31,32)16-7-3-2-4-8-16)22(21)15-11-12-19(25)18(24)13-15/h2-13H,1H3,(H4,26,27,29)/b28-14-. The highest BCUT2D eigenvalue weighted by Crippen LogP contribution is 2.38. The lowest BCUT2D eigenvalue weighted by Gasteiger charge is -2.14. The monoisotopic (exact) mass is 483 g/mol. The summed E-state index contributed by atoms with van der Waals surface area (Å²) in [5.74, 6) is -0.872. The van der Waals surface area contributed by atoms with E-state index in [9.17, 15) is 12.8 Å². The van der Waals surface area contributed by atoms with Gasteiger partial charge in [0.2, 0.25) is 5.96 Å². The van der Waals surface area contributed by atoms with E-state index in [1.807, 2.05) is 0 Å². The molecule has 4 rings (SSSR count). The summed E-state index contributed by atoms with van der Waals surface area (Å²) in [6.07, 6.45) is 0. The molecule has 10 heteroatoms. The number of nitrogens with two attached hydrogens (primary N) is 2. The molecule has 0 aliphatic heterocycles. The molecule has 4 aromatic rings. The molecule has 0 fully saturated rings. The molecule has 0 radical (unpaired) electrons. The van der Waals surface area contributed by atoms with Gasteiger partial charge in [-0.3, -0.25) is 0 Å². The molecule has 0 atom stereocenters. The Labute approximate surface area is 194 Å². The molecule has 168 valence electrons. The summed E-state index contributed by atoms with van der Waals surface area (Å²) < 4.78 is 42.9. The quantitative estimate of drug-likeness (QED) is 0.249. The van der Waals surface area contributed by atoms with Crippen LogP contribution >= 0.6 is 11.6 Å². The maximum absolute atomic E-state index is 14.0. The van der Waals surface area contributed by atoms with E-state index < -0.39 is 15.8 Å². The summed E-state index contributed by atoms with van der Waals surface area (Å²) in [5.41, 5.74) is 12.7. The van der Waals surface area contributed by atoms with Crippen molar-refractivity contribution in [3.05, 3.63) is 89.2 Å². The number of halogens is 2. The van der Waals surface area contributed by atoms with E-state index in [2.05, 4.69) is 10.2 Å². The second kappa shape index (κ2) is 8.68. The molecule has 0 aliphatic carbocycles. The molecule has 3 aromatic carbocycles. The average Bonchev–Trinajstić information content (AvgIpc) is 3.16. The van der Waals surface area contributed by atoms with Gasteiger partial charge in [0.1, 0.15) is 5.82 Å². The Kier molecular flexibility index (Phi) is 5.92. The summed E-state index contributed by atoms with van der Waals surface area (Å²) in [5, 5.41) is 8.25. The molecule has 0 spiro atoms. The van der Waals surface area contributed by atoms with Crippen molar-refractivity contribution in [2.45, 2.75) is 11.8 Å². The van der Waals surface area contributed by atoms with E-state index in [-0.39, 0.29) is 21.6 Å². The zero-order valence-corrected chi connectivity index (χ0v) is 19.0. The zero-order valence-electron chi connectivity index (χ0n) is 17.4. The Balaban J connectivity index is 2.19. The number of benzene rings is 3. The summed E-state index contributed by atoms with van der Waals surface area (Å²) in [6.45, 7) is 1.66. The Morgan fingerprint density at radius 3 is 2.30 bits per heavy atom. The minimum atomic E-state index is -4.07. The highest BCUT2D eigenvalue weighted by atomic mass is 35.5.